The first kappa shape index (κ1) is 16.7. The van der Waals surface area contributed by atoms with Gasteiger partial charge in [-0.2, -0.15) is 0 Å². The molecule has 0 bridgehead atoms. The van der Waals surface area contributed by atoms with Gasteiger partial charge in [-0.25, -0.2) is 0 Å². The summed E-state index contributed by atoms with van der Waals surface area (Å²) in [6.07, 6.45) is 4.24. The summed E-state index contributed by atoms with van der Waals surface area (Å²) >= 11 is 0. The van der Waals surface area contributed by atoms with Crippen LogP contribution in [0.25, 0.3) is 0 Å². The summed E-state index contributed by atoms with van der Waals surface area (Å²) in [6, 6.07) is 5.83. The number of β-amino-alcohol motifs (C(OH)–C–C–N with tert-alkyl or cyclic N) is 1. The number of ether oxygens (including phenoxy) is 1. The Morgan fingerprint density at radius 2 is 1.62 bits per heavy atom. The standard InChI is InChI=1S/C19H23NO4/c1-12-7-13(2)9-15(8-12)24-11-14(21)10-20-18(22)16-5-3-4-6-17(16)19(20)23/h3-4,7-9,14,16-17,21H,5-6,10-11H2,1-2H3/t14-,16-,17-/m0/s1. The molecule has 3 rings (SSSR count). The first-order chi connectivity index (χ1) is 11.5. The van der Waals surface area contributed by atoms with Crippen molar-refractivity contribution in [3.05, 3.63) is 41.5 Å². The number of hydrogen-bond donors (Lipinski definition) is 1. The fraction of sp³-hybridized carbons (Fsp3) is 0.474. The highest BCUT2D eigenvalue weighted by Gasteiger charge is 2.47. The number of aliphatic hydroxyl groups is 1. The lowest BCUT2D eigenvalue weighted by atomic mass is 9.85. The van der Waals surface area contributed by atoms with Gasteiger partial charge in [0.05, 0.1) is 18.4 Å². The molecule has 3 atom stereocenters. The van der Waals surface area contributed by atoms with E-state index in [1.54, 1.807) is 0 Å². The molecule has 1 aromatic carbocycles. The largest absolute Gasteiger partial charge is 0.491 e. The number of imide groups is 1. The molecule has 5 nitrogen and oxygen atoms in total. The highest BCUT2D eigenvalue weighted by Crippen LogP contribution is 2.35. The molecule has 2 aliphatic rings. The number of aliphatic hydroxyl groups excluding tert-OH is 1. The average molecular weight is 329 g/mol. The van der Waals surface area contributed by atoms with Crippen molar-refractivity contribution in [3.63, 3.8) is 0 Å². The van der Waals surface area contributed by atoms with Crippen LogP contribution in [0, 0.1) is 25.7 Å². The van der Waals surface area contributed by atoms with E-state index in [-0.39, 0.29) is 36.8 Å². The van der Waals surface area contributed by atoms with Crippen molar-refractivity contribution in [2.24, 2.45) is 11.8 Å². The summed E-state index contributed by atoms with van der Waals surface area (Å²) in [5.41, 5.74) is 2.17. The van der Waals surface area contributed by atoms with Gasteiger partial charge in [0.1, 0.15) is 18.5 Å². The highest BCUT2D eigenvalue weighted by molar-refractivity contribution is 6.05. The molecule has 0 aromatic heterocycles. The molecule has 0 saturated carbocycles. The van der Waals surface area contributed by atoms with Gasteiger partial charge in [-0.3, -0.25) is 14.5 Å². The highest BCUT2D eigenvalue weighted by atomic mass is 16.5. The minimum Gasteiger partial charge on any atom is -0.491 e. The third-order valence-electron chi connectivity index (χ3n) is 4.63. The second kappa shape index (κ2) is 6.77. The number of nitrogens with zero attached hydrogens (tertiary/aromatic N) is 1. The second-order valence-corrected chi connectivity index (χ2v) is 6.73. The molecule has 1 aliphatic carbocycles. The van der Waals surface area contributed by atoms with Gasteiger partial charge in [0.15, 0.2) is 0 Å². The number of rotatable bonds is 5. The number of fused-ring (bicyclic) bond motifs is 1. The van der Waals surface area contributed by atoms with Crippen molar-refractivity contribution in [1.82, 2.24) is 4.90 Å². The van der Waals surface area contributed by atoms with Gasteiger partial charge in [-0.05, 0) is 49.9 Å². The molecular weight excluding hydrogens is 306 g/mol. The quantitative estimate of drug-likeness (QED) is 0.663. The van der Waals surface area contributed by atoms with Crippen molar-refractivity contribution in [2.75, 3.05) is 13.2 Å². The fourth-order valence-corrected chi connectivity index (χ4v) is 3.52. The predicted octanol–water partition coefficient (Wildman–Crippen LogP) is 1.99. The Morgan fingerprint density at radius 3 is 2.17 bits per heavy atom. The Morgan fingerprint density at radius 1 is 1.08 bits per heavy atom. The second-order valence-electron chi connectivity index (χ2n) is 6.73. The molecule has 1 fully saturated rings. The number of benzene rings is 1. The Balaban J connectivity index is 1.58. The molecule has 0 radical (unpaired) electrons. The van der Waals surface area contributed by atoms with Gasteiger partial charge in [-0.1, -0.05) is 18.2 Å². The van der Waals surface area contributed by atoms with Gasteiger partial charge < -0.3 is 9.84 Å². The van der Waals surface area contributed by atoms with E-state index in [1.807, 2.05) is 44.2 Å². The molecule has 2 amide bonds. The van der Waals surface area contributed by atoms with E-state index >= 15 is 0 Å². The minimum absolute atomic E-state index is 0.00450. The first-order valence-corrected chi connectivity index (χ1v) is 8.35. The number of carbonyl (C=O) groups is 2. The summed E-state index contributed by atoms with van der Waals surface area (Å²) < 4.78 is 5.62. The average Bonchev–Trinajstić information content (AvgIpc) is 2.78. The number of allylic oxidation sites excluding steroid dienone is 2. The Hall–Kier alpha value is -2.14. The Labute approximate surface area is 141 Å². The van der Waals surface area contributed by atoms with Gasteiger partial charge >= 0.3 is 0 Å². The molecule has 5 heteroatoms. The van der Waals surface area contributed by atoms with E-state index < -0.39 is 6.10 Å². The topological polar surface area (TPSA) is 66.8 Å². The predicted molar refractivity (Wildman–Crippen MR) is 89.5 cm³/mol. The zero-order chi connectivity index (χ0) is 17.3. The van der Waals surface area contributed by atoms with Crippen LogP contribution in [0.2, 0.25) is 0 Å². The first-order valence-electron chi connectivity index (χ1n) is 8.35. The summed E-state index contributed by atoms with van der Waals surface area (Å²) in [7, 11) is 0. The molecular formula is C19H23NO4. The van der Waals surface area contributed by atoms with E-state index in [9.17, 15) is 14.7 Å². The van der Waals surface area contributed by atoms with Gasteiger partial charge in [0, 0.05) is 0 Å². The van der Waals surface area contributed by atoms with E-state index in [0.717, 1.165) is 11.1 Å². The lowest BCUT2D eigenvalue weighted by Crippen LogP contribution is -2.40. The van der Waals surface area contributed by atoms with E-state index in [2.05, 4.69) is 0 Å². The molecule has 1 saturated heterocycles. The minimum atomic E-state index is -0.896. The number of aryl methyl sites for hydroxylation is 2. The van der Waals surface area contributed by atoms with E-state index in [4.69, 9.17) is 4.74 Å². The summed E-state index contributed by atoms with van der Waals surface area (Å²) in [5, 5.41) is 10.2. The van der Waals surface area contributed by atoms with Crippen LogP contribution in [0.5, 0.6) is 5.75 Å². The molecule has 0 unspecified atom stereocenters. The molecule has 24 heavy (non-hydrogen) atoms. The van der Waals surface area contributed by atoms with Gasteiger partial charge in [-0.15, -0.1) is 0 Å². The van der Waals surface area contributed by atoms with Crippen molar-refractivity contribution >= 4 is 11.8 Å². The molecule has 1 aromatic rings. The van der Waals surface area contributed by atoms with Crippen LogP contribution in [0.15, 0.2) is 30.4 Å². The molecule has 1 heterocycles. The van der Waals surface area contributed by atoms with Crippen LogP contribution >= 0.6 is 0 Å². The zero-order valence-electron chi connectivity index (χ0n) is 14.1. The third-order valence-corrected chi connectivity index (χ3v) is 4.63. The normalized spacial score (nSPS) is 24.2. The monoisotopic (exact) mass is 329 g/mol. The lowest BCUT2D eigenvalue weighted by Gasteiger charge is -2.19. The van der Waals surface area contributed by atoms with Crippen LogP contribution in [-0.2, 0) is 9.59 Å². The Bertz CT molecular complexity index is 636. The molecule has 128 valence electrons. The fourth-order valence-electron chi connectivity index (χ4n) is 3.52. The van der Waals surface area contributed by atoms with Crippen LogP contribution in [-0.4, -0.2) is 41.1 Å². The smallest absolute Gasteiger partial charge is 0.233 e. The van der Waals surface area contributed by atoms with Crippen molar-refractivity contribution in [2.45, 2.75) is 32.8 Å². The van der Waals surface area contributed by atoms with E-state index in [1.165, 1.54) is 4.90 Å². The maximum absolute atomic E-state index is 12.4. The van der Waals surface area contributed by atoms with Crippen molar-refractivity contribution < 1.29 is 19.4 Å². The summed E-state index contributed by atoms with van der Waals surface area (Å²) in [4.78, 5) is 25.9. The SMILES string of the molecule is Cc1cc(C)cc(OC[C@@H](O)CN2C(=O)[C@H]3CC=CC[C@@H]3C2=O)c1. The van der Waals surface area contributed by atoms with Crippen LogP contribution in [0.3, 0.4) is 0 Å². The summed E-state index contributed by atoms with van der Waals surface area (Å²) in [6.45, 7) is 4.00. The maximum atomic E-state index is 12.4. The number of carbonyl (C=O) groups excluding carboxylic acids is 2. The van der Waals surface area contributed by atoms with Crippen LogP contribution in [0.4, 0.5) is 0 Å². The van der Waals surface area contributed by atoms with Gasteiger partial charge in [0.25, 0.3) is 0 Å². The third kappa shape index (κ3) is 3.36. The van der Waals surface area contributed by atoms with Gasteiger partial charge in [0.2, 0.25) is 11.8 Å². The molecule has 0 spiro atoms. The number of hydrogen-bond acceptors (Lipinski definition) is 4. The maximum Gasteiger partial charge on any atom is 0.233 e. The number of amides is 2. The zero-order valence-corrected chi connectivity index (χ0v) is 14.1. The van der Waals surface area contributed by atoms with E-state index in [0.29, 0.717) is 18.6 Å². The van der Waals surface area contributed by atoms with Crippen LogP contribution < -0.4 is 4.74 Å². The van der Waals surface area contributed by atoms with Crippen molar-refractivity contribution in [1.29, 1.82) is 0 Å². The Kier molecular flexibility index (Phi) is 4.71. The molecule has 1 N–H and O–H groups in total. The molecule has 1 aliphatic heterocycles. The van der Waals surface area contributed by atoms with Crippen molar-refractivity contribution in [3.8, 4) is 5.75 Å². The summed E-state index contributed by atoms with van der Waals surface area (Å²) in [5.74, 6) is -0.159. The number of likely N-dealkylation sites (tertiary alicyclic amines) is 1. The van der Waals surface area contributed by atoms with Crippen LogP contribution in [0.1, 0.15) is 24.0 Å². The lowest BCUT2D eigenvalue weighted by molar-refractivity contribution is -0.141.